The second-order valence-corrected chi connectivity index (χ2v) is 9.00. The fourth-order valence-electron chi connectivity index (χ4n) is 3.42. The number of benzene rings is 1. The number of carbonyl (C=O) groups is 2. The van der Waals surface area contributed by atoms with Gasteiger partial charge in [-0.1, -0.05) is 0 Å². The molecule has 1 aromatic heterocycles. The van der Waals surface area contributed by atoms with Crippen molar-refractivity contribution < 1.29 is 31.2 Å². The van der Waals surface area contributed by atoms with E-state index in [9.17, 15) is 31.2 Å². The van der Waals surface area contributed by atoms with Crippen molar-refractivity contribution in [2.24, 2.45) is 0 Å². The van der Waals surface area contributed by atoms with Crippen LogP contribution in [0, 0.1) is 0 Å². The van der Waals surface area contributed by atoms with Gasteiger partial charge < -0.3 is 10.6 Å². The van der Waals surface area contributed by atoms with Crippen molar-refractivity contribution in [1.82, 2.24) is 9.88 Å². The van der Waals surface area contributed by atoms with Crippen molar-refractivity contribution >= 4 is 33.2 Å². The Balaban J connectivity index is 1.65. The molecule has 1 saturated heterocycles. The maximum atomic E-state index is 13.0. The van der Waals surface area contributed by atoms with E-state index in [0.29, 0.717) is 24.1 Å². The zero-order chi connectivity index (χ0) is 21.9. The van der Waals surface area contributed by atoms with Crippen molar-refractivity contribution in [3.8, 4) is 0 Å². The van der Waals surface area contributed by atoms with Gasteiger partial charge in [0.1, 0.15) is 5.54 Å². The Kier molecular flexibility index (Phi) is 4.31. The van der Waals surface area contributed by atoms with Crippen molar-refractivity contribution in [2.45, 2.75) is 35.3 Å². The second kappa shape index (κ2) is 6.42. The number of hydrogen-bond donors (Lipinski definition) is 1. The Morgan fingerprint density at radius 2 is 1.73 bits per heavy atom. The number of carbonyl (C=O) groups excluding carboxylic acids is 2. The molecule has 2 heterocycles. The first-order chi connectivity index (χ1) is 14.0. The van der Waals surface area contributed by atoms with Crippen LogP contribution in [0.2, 0.25) is 0 Å². The number of halogens is 3. The summed E-state index contributed by atoms with van der Waals surface area (Å²) in [5.41, 5.74) is 0.349. The first kappa shape index (κ1) is 20.1. The van der Waals surface area contributed by atoms with Gasteiger partial charge >= 0.3 is 11.5 Å². The molecule has 2 aromatic rings. The van der Waals surface area contributed by atoms with Crippen molar-refractivity contribution in [3.05, 3.63) is 48.3 Å². The summed E-state index contributed by atoms with van der Waals surface area (Å²) in [5.74, 6) is -0.508. The minimum atomic E-state index is -5.53. The van der Waals surface area contributed by atoms with E-state index in [4.69, 9.17) is 5.73 Å². The molecule has 8 nitrogen and oxygen atoms in total. The minimum Gasteiger partial charge on any atom is -0.397 e. The molecule has 1 aromatic carbocycles. The molecule has 1 saturated carbocycles. The van der Waals surface area contributed by atoms with Crippen molar-refractivity contribution in [3.63, 3.8) is 0 Å². The van der Waals surface area contributed by atoms with E-state index in [2.05, 4.69) is 4.98 Å². The Morgan fingerprint density at radius 3 is 2.27 bits per heavy atom. The van der Waals surface area contributed by atoms with Crippen LogP contribution in [-0.2, 0) is 21.2 Å². The highest BCUT2D eigenvalue weighted by molar-refractivity contribution is 7.92. The summed E-state index contributed by atoms with van der Waals surface area (Å²) in [5, 5.41) is 0. The molecule has 12 heteroatoms. The van der Waals surface area contributed by atoms with Crippen LogP contribution in [-0.4, -0.2) is 41.3 Å². The molecule has 4 rings (SSSR count). The van der Waals surface area contributed by atoms with Crippen molar-refractivity contribution in [2.75, 3.05) is 10.6 Å². The number of pyridine rings is 1. The molecular formula is C18H15F3N4O4S. The zero-order valence-electron chi connectivity index (χ0n) is 15.3. The molecule has 1 aliphatic heterocycles. The van der Waals surface area contributed by atoms with E-state index < -0.39 is 37.7 Å². The van der Waals surface area contributed by atoms with Gasteiger partial charge in [0.2, 0.25) is 0 Å². The lowest BCUT2D eigenvalue weighted by atomic mass is 10.1. The van der Waals surface area contributed by atoms with Crippen LogP contribution in [0.1, 0.15) is 18.4 Å². The lowest BCUT2D eigenvalue weighted by Gasteiger charge is -2.22. The number of nitrogens with two attached hydrogens (primary N) is 1. The number of sulfone groups is 1. The molecule has 0 bridgehead atoms. The van der Waals surface area contributed by atoms with Gasteiger partial charge in [0.05, 0.1) is 29.0 Å². The largest absolute Gasteiger partial charge is 0.501 e. The predicted molar refractivity (Wildman–Crippen MR) is 98.7 cm³/mol. The topological polar surface area (TPSA) is 114 Å². The lowest BCUT2D eigenvalue weighted by Crippen LogP contribution is -2.36. The molecule has 0 radical (unpaired) electrons. The van der Waals surface area contributed by atoms with Crippen LogP contribution in [0.25, 0.3) is 0 Å². The molecule has 2 fully saturated rings. The third-order valence-electron chi connectivity index (χ3n) is 5.25. The van der Waals surface area contributed by atoms with Crippen LogP contribution in [0.3, 0.4) is 0 Å². The molecule has 30 heavy (non-hydrogen) atoms. The van der Waals surface area contributed by atoms with E-state index in [1.807, 2.05) is 0 Å². The van der Waals surface area contributed by atoms with Gasteiger partial charge in [-0.3, -0.25) is 9.78 Å². The molecule has 158 valence electrons. The Labute approximate surface area is 169 Å². The highest BCUT2D eigenvalue weighted by atomic mass is 32.2. The monoisotopic (exact) mass is 440 g/mol. The van der Waals surface area contributed by atoms with E-state index >= 15 is 0 Å². The average molecular weight is 440 g/mol. The zero-order valence-corrected chi connectivity index (χ0v) is 16.1. The molecular weight excluding hydrogens is 425 g/mol. The van der Waals surface area contributed by atoms with Gasteiger partial charge in [-0.2, -0.15) is 13.2 Å². The molecule has 2 aliphatic rings. The van der Waals surface area contributed by atoms with Crippen LogP contribution >= 0.6 is 0 Å². The molecule has 0 unspecified atom stereocenters. The van der Waals surface area contributed by atoms with Gasteiger partial charge in [-0.05, 0) is 48.7 Å². The maximum Gasteiger partial charge on any atom is 0.501 e. The summed E-state index contributed by atoms with van der Waals surface area (Å²) < 4.78 is 61.2. The summed E-state index contributed by atoms with van der Waals surface area (Å²) >= 11 is 0. The molecule has 1 aliphatic carbocycles. The lowest BCUT2D eigenvalue weighted by molar-refractivity contribution is -0.120. The van der Waals surface area contributed by atoms with E-state index in [1.165, 1.54) is 17.3 Å². The second-order valence-electron chi connectivity index (χ2n) is 7.06. The molecule has 3 amide bonds. The smallest absolute Gasteiger partial charge is 0.397 e. The van der Waals surface area contributed by atoms with Gasteiger partial charge in [-0.15, -0.1) is 0 Å². The highest BCUT2D eigenvalue weighted by Crippen LogP contribution is 2.50. The third-order valence-corrected chi connectivity index (χ3v) is 6.75. The number of alkyl halides is 3. The third kappa shape index (κ3) is 2.90. The van der Waals surface area contributed by atoms with E-state index in [-0.39, 0.29) is 12.2 Å². The fourth-order valence-corrected chi connectivity index (χ4v) is 4.18. The van der Waals surface area contributed by atoms with Crippen LogP contribution in [0.4, 0.5) is 29.3 Å². The normalized spacial score (nSPS) is 18.4. The number of rotatable bonds is 4. The van der Waals surface area contributed by atoms with E-state index in [1.54, 1.807) is 6.07 Å². The standard InChI is InChI=1S/C18H15F3N4O4S/c19-18(20,21)30(28,29)13-3-1-12(2-4-13)25-15(26)17(6-7-17)24(16(25)27)10-11-5-8-23-9-14(11)22/h1-5,8-9H,6-7,10,22H2. The first-order valence-corrected chi connectivity index (χ1v) is 10.2. The van der Waals surface area contributed by atoms with Gasteiger partial charge in [0, 0.05) is 6.20 Å². The predicted octanol–water partition coefficient (Wildman–Crippen LogP) is 2.46. The summed E-state index contributed by atoms with van der Waals surface area (Å²) in [7, 11) is -5.53. The quantitative estimate of drug-likeness (QED) is 0.731. The van der Waals surface area contributed by atoms with Gasteiger partial charge in [0.25, 0.3) is 15.7 Å². The molecule has 0 atom stereocenters. The summed E-state index contributed by atoms with van der Waals surface area (Å²) in [6.45, 7) is 0.0654. The number of aromatic nitrogens is 1. The number of hydrogen-bond acceptors (Lipinski definition) is 6. The summed E-state index contributed by atoms with van der Waals surface area (Å²) in [4.78, 5) is 31.1. The number of amides is 3. The van der Waals surface area contributed by atoms with Gasteiger partial charge in [-0.25, -0.2) is 18.1 Å². The van der Waals surface area contributed by atoms with Gasteiger partial charge in [0.15, 0.2) is 0 Å². The molecule has 1 spiro atoms. The number of nitrogen functional groups attached to an aromatic ring is 1. The van der Waals surface area contributed by atoms with Crippen LogP contribution in [0.5, 0.6) is 0 Å². The fraction of sp³-hybridized carbons (Fsp3) is 0.278. The molecule has 2 N–H and O–H groups in total. The average Bonchev–Trinajstić information content (AvgIpc) is 3.45. The number of anilines is 2. The van der Waals surface area contributed by atoms with E-state index in [0.717, 1.165) is 29.2 Å². The number of nitrogens with zero attached hydrogens (tertiary/aromatic N) is 3. The summed E-state index contributed by atoms with van der Waals surface area (Å²) in [6, 6.07) is 4.44. The van der Waals surface area contributed by atoms with Crippen LogP contribution in [0.15, 0.2) is 47.6 Å². The minimum absolute atomic E-state index is 0.0115. The highest BCUT2D eigenvalue weighted by Gasteiger charge is 2.65. The number of imide groups is 1. The van der Waals surface area contributed by atoms with Crippen LogP contribution < -0.4 is 10.6 Å². The first-order valence-electron chi connectivity index (χ1n) is 8.75. The number of urea groups is 1. The van der Waals surface area contributed by atoms with Crippen molar-refractivity contribution in [1.29, 1.82) is 0 Å². The summed E-state index contributed by atoms with van der Waals surface area (Å²) in [6.07, 6.45) is 3.82. The Hall–Kier alpha value is -3.15. The maximum absolute atomic E-state index is 13.0. The Morgan fingerprint density at radius 1 is 1.10 bits per heavy atom. The SMILES string of the molecule is Nc1cnccc1CN1C(=O)N(c2ccc(S(=O)(=O)C(F)(F)F)cc2)C(=O)C12CC2. The Bertz CT molecular complexity index is 1140.